The van der Waals surface area contributed by atoms with E-state index in [9.17, 15) is 9.59 Å². The van der Waals surface area contributed by atoms with Gasteiger partial charge in [0.25, 0.3) is 5.91 Å². The van der Waals surface area contributed by atoms with E-state index in [2.05, 4.69) is 10.6 Å². The third kappa shape index (κ3) is 6.02. The largest absolute Gasteiger partial charge is 0.325 e. The van der Waals surface area contributed by atoms with Crippen molar-refractivity contribution in [2.24, 2.45) is 0 Å². The van der Waals surface area contributed by atoms with Gasteiger partial charge >= 0.3 is 0 Å². The van der Waals surface area contributed by atoms with Crippen molar-refractivity contribution in [3.05, 3.63) is 87.9 Å². The zero-order valence-electron chi connectivity index (χ0n) is 16.4. The fourth-order valence-electron chi connectivity index (χ4n) is 2.63. The summed E-state index contributed by atoms with van der Waals surface area (Å²) in [6.45, 7) is 3.79. The highest BCUT2D eigenvalue weighted by atomic mass is 35.5. The van der Waals surface area contributed by atoms with Gasteiger partial charge in [0, 0.05) is 21.8 Å². The van der Waals surface area contributed by atoms with E-state index < -0.39 is 0 Å². The minimum atomic E-state index is -0.359. The summed E-state index contributed by atoms with van der Waals surface area (Å²) < 4.78 is 0. The van der Waals surface area contributed by atoms with Crippen molar-refractivity contribution in [1.82, 2.24) is 0 Å². The van der Waals surface area contributed by atoms with Crippen molar-refractivity contribution < 1.29 is 9.59 Å². The molecule has 4 nitrogen and oxygen atoms in total. The molecule has 0 bridgehead atoms. The molecule has 1 unspecified atom stereocenters. The van der Waals surface area contributed by atoms with Crippen molar-refractivity contribution in [2.75, 3.05) is 10.6 Å². The number of hydrogen-bond donors (Lipinski definition) is 2. The highest BCUT2D eigenvalue weighted by Gasteiger charge is 2.16. The lowest BCUT2D eigenvalue weighted by Gasteiger charge is -2.13. The summed E-state index contributed by atoms with van der Waals surface area (Å²) in [4.78, 5) is 25.8. The van der Waals surface area contributed by atoms with Gasteiger partial charge in [0.15, 0.2) is 0 Å². The number of carbonyl (C=O) groups is 2. The first kappa shape index (κ1) is 22.2. The Bertz CT molecular complexity index is 1070. The van der Waals surface area contributed by atoms with E-state index in [0.29, 0.717) is 27.0 Å². The second-order valence-corrected chi connectivity index (χ2v) is 8.95. The molecule has 2 amide bonds. The number of aryl methyl sites for hydroxylation is 1. The van der Waals surface area contributed by atoms with Gasteiger partial charge in [-0.3, -0.25) is 9.59 Å². The summed E-state index contributed by atoms with van der Waals surface area (Å²) in [7, 11) is 0. The number of thioether (sulfide) groups is 1. The Labute approximate surface area is 190 Å². The van der Waals surface area contributed by atoms with Gasteiger partial charge in [-0.1, -0.05) is 47.0 Å². The standard InChI is InChI=1S/C23H20Cl2N2O2S/c1-14-6-8-16(9-7-14)23(29)27-17-4-3-5-19(12-17)30-15(2)22(28)26-18-10-11-20(24)21(25)13-18/h3-13,15H,1-2H3,(H,26,28)(H,27,29). The average Bonchev–Trinajstić information content (AvgIpc) is 2.71. The molecule has 0 fully saturated rings. The van der Waals surface area contributed by atoms with Crippen molar-refractivity contribution in [1.29, 1.82) is 0 Å². The van der Waals surface area contributed by atoms with Gasteiger partial charge in [-0.25, -0.2) is 0 Å². The lowest BCUT2D eigenvalue weighted by atomic mass is 10.1. The topological polar surface area (TPSA) is 58.2 Å². The first-order chi connectivity index (χ1) is 14.3. The molecule has 0 spiro atoms. The van der Waals surface area contributed by atoms with Crippen molar-refractivity contribution in [3.8, 4) is 0 Å². The number of anilines is 2. The van der Waals surface area contributed by atoms with Crippen molar-refractivity contribution >= 4 is 58.2 Å². The predicted molar refractivity (Wildman–Crippen MR) is 126 cm³/mol. The van der Waals surface area contributed by atoms with Crippen LogP contribution in [-0.4, -0.2) is 17.1 Å². The van der Waals surface area contributed by atoms with Crippen LogP contribution in [0.2, 0.25) is 10.0 Å². The Morgan fingerprint density at radius 3 is 2.27 bits per heavy atom. The molecule has 154 valence electrons. The third-order valence-electron chi connectivity index (χ3n) is 4.27. The van der Waals surface area contributed by atoms with Gasteiger partial charge in [0.2, 0.25) is 5.91 Å². The summed E-state index contributed by atoms with van der Waals surface area (Å²) in [6.07, 6.45) is 0. The maximum absolute atomic E-state index is 12.5. The maximum atomic E-state index is 12.5. The Balaban J connectivity index is 1.62. The molecule has 2 N–H and O–H groups in total. The lowest BCUT2D eigenvalue weighted by molar-refractivity contribution is -0.115. The van der Waals surface area contributed by atoms with Gasteiger partial charge < -0.3 is 10.6 Å². The molecule has 0 aliphatic rings. The highest BCUT2D eigenvalue weighted by Crippen LogP contribution is 2.28. The van der Waals surface area contributed by atoms with Crippen LogP contribution in [0.25, 0.3) is 0 Å². The third-order valence-corrected chi connectivity index (χ3v) is 6.11. The number of carbonyl (C=O) groups excluding carboxylic acids is 2. The highest BCUT2D eigenvalue weighted by molar-refractivity contribution is 8.00. The molecule has 0 aliphatic heterocycles. The van der Waals surface area contributed by atoms with Gasteiger partial charge in [0.1, 0.15) is 0 Å². The van der Waals surface area contributed by atoms with Crippen LogP contribution in [0, 0.1) is 6.92 Å². The molecule has 0 heterocycles. The molecule has 1 atom stereocenters. The molecule has 0 saturated heterocycles. The SMILES string of the molecule is Cc1ccc(C(=O)Nc2cccc(SC(C)C(=O)Nc3ccc(Cl)c(Cl)c3)c2)cc1. The first-order valence-electron chi connectivity index (χ1n) is 9.22. The zero-order chi connectivity index (χ0) is 21.7. The van der Waals surface area contributed by atoms with Gasteiger partial charge in [0.05, 0.1) is 15.3 Å². The number of rotatable bonds is 6. The fraction of sp³-hybridized carbons (Fsp3) is 0.130. The molecule has 7 heteroatoms. The van der Waals surface area contributed by atoms with E-state index in [4.69, 9.17) is 23.2 Å². The number of nitrogens with one attached hydrogen (secondary N) is 2. The van der Waals surface area contributed by atoms with Gasteiger partial charge in [-0.2, -0.15) is 0 Å². The predicted octanol–water partition coefficient (Wildman–Crippen LogP) is 6.67. The number of halogens is 2. The van der Waals surface area contributed by atoms with Gasteiger partial charge in [-0.05, 0) is 62.4 Å². The molecular weight excluding hydrogens is 439 g/mol. The number of amides is 2. The van der Waals surface area contributed by atoms with Crippen LogP contribution in [0.4, 0.5) is 11.4 Å². The summed E-state index contributed by atoms with van der Waals surface area (Å²) >= 11 is 13.3. The van der Waals surface area contributed by atoms with E-state index in [-0.39, 0.29) is 17.1 Å². The maximum Gasteiger partial charge on any atom is 0.255 e. The first-order valence-corrected chi connectivity index (χ1v) is 10.9. The molecule has 3 aromatic carbocycles. The van der Waals surface area contributed by atoms with Crippen LogP contribution in [0.15, 0.2) is 71.6 Å². The molecule has 0 aromatic heterocycles. The van der Waals surface area contributed by atoms with E-state index in [0.717, 1.165) is 10.5 Å². The van der Waals surface area contributed by atoms with Crippen molar-refractivity contribution in [2.45, 2.75) is 24.0 Å². The quantitative estimate of drug-likeness (QED) is 0.405. The van der Waals surface area contributed by atoms with Crippen LogP contribution >= 0.6 is 35.0 Å². The molecule has 0 saturated carbocycles. The Morgan fingerprint density at radius 2 is 1.57 bits per heavy atom. The van der Waals surface area contributed by atoms with Gasteiger partial charge in [-0.15, -0.1) is 11.8 Å². The van der Waals surface area contributed by atoms with E-state index in [1.54, 1.807) is 30.3 Å². The summed E-state index contributed by atoms with van der Waals surface area (Å²) in [6, 6.07) is 19.7. The van der Waals surface area contributed by atoms with Crippen molar-refractivity contribution in [3.63, 3.8) is 0 Å². The molecule has 3 aromatic rings. The average molecular weight is 459 g/mol. The van der Waals surface area contributed by atoms with Crippen LogP contribution in [0.1, 0.15) is 22.8 Å². The van der Waals surface area contributed by atoms with Crippen LogP contribution < -0.4 is 10.6 Å². The second kappa shape index (κ2) is 10.0. The minimum Gasteiger partial charge on any atom is -0.325 e. The molecule has 30 heavy (non-hydrogen) atoms. The van der Waals surface area contributed by atoms with Crippen LogP contribution in [-0.2, 0) is 4.79 Å². The van der Waals surface area contributed by atoms with Crippen LogP contribution in [0.5, 0.6) is 0 Å². The smallest absolute Gasteiger partial charge is 0.255 e. The van der Waals surface area contributed by atoms with E-state index in [1.165, 1.54) is 11.8 Å². The summed E-state index contributed by atoms with van der Waals surface area (Å²) in [5, 5.41) is 6.18. The molecular formula is C23H20Cl2N2O2S. The fourth-order valence-corrected chi connectivity index (χ4v) is 3.86. The number of hydrogen-bond acceptors (Lipinski definition) is 3. The summed E-state index contributed by atoms with van der Waals surface area (Å²) in [5.41, 5.74) is 2.94. The molecule has 0 aliphatic carbocycles. The van der Waals surface area contributed by atoms with E-state index >= 15 is 0 Å². The number of benzene rings is 3. The Kier molecular flexibility index (Phi) is 7.43. The second-order valence-electron chi connectivity index (χ2n) is 6.73. The zero-order valence-corrected chi connectivity index (χ0v) is 18.7. The monoisotopic (exact) mass is 458 g/mol. The Morgan fingerprint density at radius 1 is 0.867 bits per heavy atom. The molecule has 3 rings (SSSR count). The van der Waals surface area contributed by atoms with E-state index in [1.807, 2.05) is 50.2 Å². The normalized spacial score (nSPS) is 11.6. The minimum absolute atomic E-state index is 0.160. The van der Waals surface area contributed by atoms with Crippen LogP contribution in [0.3, 0.4) is 0 Å². The molecule has 0 radical (unpaired) electrons. The summed E-state index contributed by atoms with van der Waals surface area (Å²) in [5.74, 6) is -0.338. The Hall–Kier alpha value is -2.47. The lowest BCUT2D eigenvalue weighted by Crippen LogP contribution is -2.22.